The first-order chi connectivity index (χ1) is 6.72. The molecular formula is C9H10ClN3O. The summed E-state index contributed by atoms with van der Waals surface area (Å²) in [5, 5.41) is 14.1. The van der Waals surface area contributed by atoms with Gasteiger partial charge in [-0.2, -0.15) is 5.10 Å². The molecule has 0 amide bonds. The van der Waals surface area contributed by atoms with Crippen molar-refractivity contribution in [3.63, 3.8) is 0 Å². The van der Waals surface area contributed by atoms with Crippen LogP contribution in [0.15, 0.2) is 18.2 Å². The Morgan fingerprint density at radius 2 is 2.36 bits per heavy atom. The molecule has 1 aromatic carbocycles. The van der Waals surface area contributed by atoms with E-state index < -0.39 is 0 Å². The molecule has 2 aromatic rings. The van der Waals surface area contributed by atoms with E-state index >= 15 is 0 Å². The Balaban J connectivity index is 2.59. The molecule has 0 atom stereocenters. The molecule has 0 aliphatic heterocycles. The Hall–Kier alpha value is -1.10. The highest BCUT2D eigenvalue weighted by molar-refractivity contribution is 6.34. The monoisotopic (exact) mass is 211 g/mol. The van der Waals surface area contributed by atoms with Gasteiger partial charge in [-0.15, -0.1) is 0 Å². The van der Waals surface area contributed by atoms with Crippen LogP contribution in [0, 0.1) is 0 Å². The quantitative estimate of drug-likeness (QED) is 0.744. The number of nitrogens with one attached hydrogen (secondary N) is 1. The molecule has 0 fully saturated rings. The third-order valence-corrected chi connectivity index (χ3v) is 2.43. The standard InChI is InChI=1S/C9H10ClN3O/c1-13-8-4-6(5-11-14)2-3-7(8)9(10)12-13/h2-4,11,14H,5H2,1H3. The van der Waals surface area contributed by atoms with Crippen LogP contribution >= 0.6 is 11.6 Å². The molecule has 0 aliphatic rings. The van der Waals surface area contributed by atoms with Gasteiger partial charge in [0.25, 0.3) is 0 Å². The summed E-state index contributed by atoms with van der Waals surface area (Å²) in [5.41, 5.74) is 4.06. The third-order valence-electron chi connectivity index (χ3n) is 2.15. The number of benzene rings is 1. The van der Waals surface area contributed by atoms with E-state index in [9.17, 15) is 0 Å². The highest BCUT2D eigenvalue weighted by Gasteiger charge is 2.06. The van der Waals surface area contributed by atoms with Gasteiger partial charge in [0.05, 0.1) is 5.52 Å². The number of fused-ring (bicyclic) bond motifs is 1. The minimum absolute atomic E-state index is 0.415. The molecule has 1 aromatic heterocycles. The van der Waals surface area contributed by atoms with Crippen LogP contribution in [0.2, 0.25) is 5.15 Å². The van der Waals surface area contributed by atoms with Gasteiger partial charge in [-0.1, -0.05) is 17.7 Å². The Morgan fingerprint density at radius 1 is 1.57 bits per heavy atom. The van der Waals surface area contributed by atoms with Crippen molar-refractivity contribution in [3.05, 3.63) is 28.9 Å². The average molecular weight is 212 g/mol. The number of nitrogens with zero attached hydrogens (tertiary/aromatic N) is 2. The zero-order valence-corrected chi connectivity index (χ0v) is 8.41. The summed E-state index contributed by atoms with van der Waals surface area (Å²) >= 11 is 5.91. The fourth-order valence-corrected chi connectivity index (χ4v) is 1.73. The molecule has 0 radical (unpaired) electrons. The number of hydroxylamine groups is 1. The fourth-order valence-electron chi connectivity index (χ4n) is 1.46. The molecule has 74 valence electrons. The van der Waals surface area contributed by atoms with Crippen molar-refractivity contribution in [3.8, 4) is 0 Å². The SMILES string of the molecule is Cn1nc(Cl)c2ccc(CNO)cc21. The van der Waals surface area contributed by atoms with Crippen molar-refractivity contribution < 1.29 is 5.21 Å². The number of aryl methyl sites for hydroxylation is 1. The zero-order chi connectivity index (χ0) is 10.1. The lowest BCUT2D eigenvalue weighted by Crippen LogP contribution is -2.05. The first-order valence-electron chi connectivity index (χ1n) is 4.20. The zero-order valence-electron chi connectivity index (χ0n) is 7.66. The second-order valence-corrected chi connectivity index (χ2v) is 3.46. The maximum Gasteiger partial charge on any atom is 0.158 e. The van der Waals surface area contributed by atoms with Crippen molar-refractivity contribution >= 4 is 22.5 Å². The Kier molecular flexibility index (Phi) is 2.41. The summed E-state index contributed by atoms with van der Waals surface area (Å²) < 4.78 is 1.72. The van der Waals surface area contributed by atoms with Crippen LogP contribution < -0.4 is 5.48 Å². The third kappa shape index (κ3) is 1.48. The van der Waals surface area contributed by atoms with Gasteiger partial charge in [-0.25, -0.2) is 5.48 Å². The van der Waals surface area contributed by atoms with Crippen LogP contribution in [0.5, 0.6) is 0 Å². The van der Waals surface area contributed by atoms with E-state index in [1.165, 1.54) is 0 Å². The van der Waals surface area contributed by atoms with Gasteiger partial charge in [0.15, 0.2) is 5.15 Å². The number of halogens is 1. The summed E-state index contributed by atoms with van der Waals surface area (Å²) in [6.45, 7) is 0.415. The minimum Gasteiger partial charge on any atom is -0.316 e. The van der Waals surface area contributed by atoms with Gasteiger partial charge in [-0.05, 0) is 17.7 Å². The van der Waals surface area contributed by atoms with Crippen LogP contribution in [0.3, 0.4) is 0 Å². The molecule has 0 unspecified atom stereocenters. The van der Waals surface area contributed by atoms with Gasteiger partial charge in [-0.3, -0.25) is 4.68 Å². The molecule has 2 rings (SSSR count). The van der Waals surface area contributed by atoms with Crippen molar-refractivity contribution in [2.24, 2.45) is 7.05 Å². The smallest absolute Gasteiger partial charge is 0.158 e. The van der Waals surface area contributed by atoms with Crippen LogP contribution in [-0.4, -0.2) is 15.0 Å². The summed E-state index contributed by atoms with van der Waals surface area (Å²) in [5.74, 6) is 0. The van der Waals surface area contributed by atoms with Crippen LogP contribution in [0.4, 0.5) is 0 Å². The molecule has 0 aliphatic carbocycles. The molecule has 1 heterocycles. The van der Waals surface area contributed by atoms with E-state index in [0.717, 1.165) is 16.5 Å². The summed E-state index contributed by atoms with van der Waals surface area (Å²) in [6, 6.07) is 5.74. The predicted octanol–water partition coefficient (Wildman–Crippen LogP) is 1.71. The summed E-state index contributed by atoms with van der Waals surface area (Å²) in [6.07, 6.45) is 0. The lowest BCUT2D eigenvalue weighted by molar-refractivity contribution is 0.161. The van der Waals surface area contributed by atoms with Crippen molar-refractivity contribution in [1.82, 2.24) is 15.3 Å². The molecule has 4 nitrogen and oxygen atoms in total. The van der Waals surface area contributed by atoms with E-state index in [-0.39, 0.29) is 0 Å². The maximum absolute atomic E-state index is 8.57. The van der Waals surface area contributed by atoms with E-state index in [1.807, 2.05) is 25.2 Å². The van der Waals surface area contributed by atoms with Gasteiger partial charge in [0.1, 0.15) is 0 Å². The normalized spacial score (nSPS) is 11.1. The van der Waals surface area contributed by atoms with Crippen molar-refractivity contribution in [1.29, 1.82) is 0 Å². The number of rotatable bonds is 2. The largest absolute Gasteiger partial charge is 0.316 e. The lowest BCUT2D eigenvalue weighted by atomic mass is 10.2. The van der Waals surface area contributed by atoms with Gasteiger partial charge in [0, 0.05) is 19.0 Å². The molecule has 0 saturated heterocycles. The molecule has 5 heteroatoms. The molecule has 14 heavy (non-hydrogen) atoms. The highest BCUT2D eigenvalue weighted by Crippen LogP contribution is 2.22. The lowest BCUT2D eigenvalue weighted by Gasteiger charge is -1.99. The molecular weight excluding hydrogens is 202 g/mol. The fraction of sp³-hybridized carbons (Fsp3) is 0.222. The molecule has 0 spiro atoms. The molecule has 0 saturated carbocycles. The van der Waals surface area contributed by atoms with E-state index in [2.05, 4.69) is 10.6 Å². The van der Waals surface area contributed by atoms with Crippen molar-refractivity contribution in [2.45, 2.75) is 6.54 Å². The van der Waals surface area contributed by atoms with E-state index in [1.54, 1.807) is 4.68 Å². The first kappa shape index (κ1) is 9.45. The second kappa shape index (κ2) is 3.57. The van der Waals surface area contributed by atoms with Gasteiger partial charge < -0.3 is 5.21 Å². The predicted molar refractivity (Wildman–Crippen MR) is 54.4 cm³/mol. The highest BCUT2D eigenvalue weighted by atomic mass is 35.5. The Bertz CT molecular complexity index is 466. The van der Waals surface area contributed by atoms with Gasteiger partial charge >= 0.3 is 0 Å². The summed E-state index contributed by atoms with van der Waals surface area (Å²) in [4.78, 5) is 0. The number of aromatic nitrogens is 2. The number of hydrogen-bond donors (Lipinski definition) is 2. The summed E-state index contributed by atoms with van der Waals surface area (Å²) in [7, 11) is 1.84. The van der Waals surface area contributed by atoms with Gasteiger partial charge in [0.2, 0.25) is 0 Å². The molecule has 2 N–H and O–H groups in total. The van der Waals surface area contributed by atoms with Crippen LogP contribution in [-0.2, 0) is 13.6 Å². The van der Waals surface area contributed by atoms with Crippen LogP contribution in [0.1, 0.15) is 5.56 Å². The maximum atomic E-state index is 8.57. The Labute approximate surface area is 86.1 Å². The Morgan fingerprint density at radius 3 is 3.07 bits per heavy atom. The minimum atomic E-state index is 0.415. The van der Waals surface area contributed by atoms with E-state index in [0.29, 0.717) is 11.7 Å². The van der Waals surface area contributed by atoms with E-state index in [4.69, 9.17) is 16.8 Å². The van der Waals surface area contributed by atoms with Crippen LogP contribution in [0.25, 0.3) is 10.9 Å². The second-order valence-electron chi connectivity index (χ2n) is 3.10. The number of hydrogen-bond acceptors (Lipinski definition) is 3. The first-order valence-corrected chi connectivity index (χ1v) is 4.58. The molecule has 0 bridgehead atoms. The topological polar surface area (TPSA) is 50.1 Å². The van der Waals surface area contributed by atoms with Crippen molar-refractivity contribution in [2.75, 3.05) is 0 Å². The average Bonchev–Trinajstić information content (AvgIpc) is 2.43.